The van der Waals surface area contributed by atoms with Gasteiger partial charge in [0.05, 0.1) is 6.54 Å². The molecule has 1 saturated carbocycles. The molecule has 1 fully saturated rings. The molecule has 1 aliphatic rings. The molecule has 5 heteroatoms. The van der Waals surface area contributed by atoms with E-state index in [1.165, 1.54) is 32.1 Å². The maximum atomic E-state index is 12.0. The summed E-state index contributed by atoms with van der Waals surface area (Å²) < 4.78 is 0. The number of benzene rings is 1. The smallest absolute Gasteiger partial charge is 0.251 e. The molecule has 1 aromatic rings. The average molecular weight is 323 g/mol. The van der Waals surface area contributed by atoms with Crippen LogP contribution in [0.2, 0.25) is 5.02 Å². The topological polar surface area (TPSA) is 58.2 Å². The van der Waals surface area contributed by atoms with Crippen molar-refractivity contribution in [2.24, 2.45) is 0 Å². The predicted molar refractivity (Wildman–Crippen MR) is 88.0 cm³/mol. The zero-order chi connectivity index (χ0) is 15.8. The molecule has 0 saturated heterocycles. The third-order valence-electron chi connectivity index (χ3n) is 3.99. The number of carbonyl (C=O) groups excluding carboxylic acids is 2. The van der Waals surface area contributed by atoms with Crippen LogP contribution in [0.4, 0.5) is 0 Å². The van der Waals surface area contributed by atoms with E-state index in [2.05, 4.69) is 10.6 Å². The first-order valence-corrected chi connectivity index (χ1v) is 8.36. The minimum atomic E-state index is -0.260. The third kappa shape index (κ3) is 5.68. The lowest BCUT2D eigenvalue weighted by molar-refractivity contribution is -0.120. The van der Waals surface area contributed by atoms with Gasteiger partial charge in [0, 0.05) is 16.6 Å². The first-order chi connectivity index (χ1) is 10.6. The third-order valence-corrected chi connectivity index (χ3v) is 4.24. The Morgan fingerprint density at radius 2 is 1.59 bits per heavy atom. The Morgan fingerprint density at radius 1 is 1.00 bits per heavy atom. The molecule has 120 valence electrons. The summed E-state index contributed by atoms with van der Waals surface area (Å²) in [4.78, 5) is 23.9. The maximum Gasteiger partial charge on any atom is 0.251 e. The Kier molecular flexibility index (Phi) is 6.72. The molecule has 0 spiro atoms. The largest absolute Gasteiger partial charge is 0.352 e. The monoisotopic (exact) mass is 322 g/mol. The molecular formula is C17H23ClN2O2. The summed E-state index contributed by atoms with van der Waals surface area (Å²) in [5, 5.41) is 6.25. The van der Waals surface area contributed by atoms with Gasteiger partial charge in [-0.15, -0.1) is 0 Å². The van der Waals surface area contributed by atoms with Crippen molar-refractivity contribution in [1.29, 1.82) is 0 Å². The number of hydrogen-bond acceptors (Lipinski definition) is 2. The molecule has 0 bridgehead atoms. The fourth-order valence-corrected chi connectivity index (χ4v) is 2.87. The van der Waals surface area contributed by atoms with Crippen LogP contribution in [0.5, 0.6) is 0 Å². The van der Waals surface area contributed by atoms with Crippen LogP contribution in [0.15, 0.2) is 24.3 Å². The van der Waals surface area contributed by atoms with E-state index < -0.39 is 0 Å². The van der Waals surface area contributed by atoms with Crippen molar-refractivity contribution in [2.45, 2.75) is 51.0 Å². The average Bonchev–Trinajstić information content (AvgIpc) is 2.48. The van der Waals surface area contributed by atoms with E-state index in [0.717, 1.165) is 12.8 Å². The van der Waals surface area contributed by atoms with Crippen molar-refractivity contribution >= 4 is 23.4 Å². The van der Waals surface area contributed by atoms with Crippen LogP contribution in [0.3, 0.4) is 0 Å². The normalized spacial score (nSPS) is 16.4. The molecule has 4 nitrogen and oxygen atoms in total. The van der Waals surface area contributed by atoms with Crippen molar-refractivity contribution in [3.63, 3.8) is 0 Å². The zero-order valence-electron chi connectivity index (χ0n) is 12.7. The van der Waals surface area contributed by atoms with Crippen LogP contribution in [-0.2, 0) is 4.79 Å². The van der Waals surface area contributed by atoms with Crippen LogP contribution in [0.1, 0.15) is 55.3 Å². The lowest BCUT2D eigenvalue weighted by atomic mass is 9.97. The summed E-state index contributed by atoms with van der Waals surface area (Å²) in [6.45, 7) is 0.0119. The Labute approximate surface area is 136 Å². The van der Waals surface area contributed by atoms with Crippen molar-refractivity contribution in [3.8, 4) is 0 Å². The van der Waals surface area contributed by atoms with E-state index in [0.29, 0.717) is 10.6 Å². The number of rotatable bonds is 4. The van der Waals surface area contributed by atoms with Gasteiger partial charge in [-0.2, -0.15) is 0 Å². The van der Waals surface area contributed by atoms with Gasteiger partial charge in [-0.3, -0.25) is 9.59 Å². The SMILES string of the molecule is O=C(CNC(=O)c1ccc(Cl)cc1)NC1CCCCCCC1. The zero-order valence-corrected chi connectivity index (χ0v) is 13.5. The van der Waals surface area contributed by atoms with Gasteiger partial charge >= 0.3 is 0 Å². The van der Waals surface area contributed by atoms with Crippen molar-refractivity contribution in [1.82, 2.24) is 10.6 Å². The second kappa shape index (κ2) is 8.79. The van der Waals surface area contributed by atoms with E-state index in [9.17, 15) is 9.59 Å². The lowest BCUT2D eigenvalue weighted by Gasteiger charge is -2.21. The second-order valence-corrected chi connectivity index (χ2v) is 6.24. The number of carbonyl (C=O) groups is 2. The Hall–Kier alpha value is -1.55. The van der Waals surface area contributed by atoms with Gasteiger partial charge < -0.3 is 10.6 Å². The number of halogens is 1. The van der Waals surface area contributed by atoms with Crippen LogP contribution >= 0.6 is 11.6 Å². The summed E-state index contributed by atoms with van der Waals surface area (Å²) in [7, 11) is 0. The summed E-state index contributed by atoms with van der Waals surface area (Å²) in [6, 6.07) is 6.85. The summed E-state index contributed by atoms with van der Waals surface area (Å²) in [5.74, 6) is -0.377. The van der Waals surface area contributed by atoms with E-state index in [-0.39, 0.29) is 24.4 Å². The fourth-order valence-electron chi connectivity index (χ4n) is 2.74. The van der Waals surface area contributed by atoms with Crippen molar-refractivity contribution in [2.75, 3.05) is 6.54 Å². The molecular weight excluding hydrogens is 300 g/mol. The van der Waals surface area contributed by atoms with Crippen LogP contribution in [-0.4, -0.2) is 24.4 Å². The molecule has 0 aliphatic heterocycles. The standard InChI is InChI=1S/C17H23ClN2O2/c18-14-10-8-13(9-11-14)17(22)19-12-16(21)20-15-6-4-2-1-3-5-7-15/h8-11,15H,1-7,12H2,(H,19,22)(H,20,21). The quantitative estimate of drug-likeness (QED) is 0.893. The highest BCUT2D eigenvalue weighted by Gasteiger charge is 2.14. The van der Waals surface area contributed by atoms with E-state index in [1.54, 1.807) is 24.3 Å². The van der Waals surface area contributed by atoms with Gasteiger partial charge in [-0.1, -0.05) is 43.7 Å². The molecule has 0 heterocycles. The molecule has 0 aromatic heterocycles. The van der Waals surface area contributed by atoms with Gasteiger partial charge in [0.2, 0.25) is 5.91 Å². The molecule has 1 aromatic carbocycles. The van der Waals surface area contributed by atoms with Crippen LogP contribution in [0.25, 0.3) is 0 Å². The fraction of sp³-hybridized carbons (Fsp3) is 0.529. The second-order valence-electron chi connectivity index (χ2n) is 5.80. The maximum absolute atomic E-state index is 12.0. The van der Waals surface area contributed by atoms with Gasteiger partial charge in [-0.25, -0.2) is 0 Å². The van der Waals surface area contributed by atoms with Crippen LogP contribution in [0, 0.1) is 0 Å². The number of hydrogen-bond donors (Lipinski definition) is 2. The molecule has 2 amide bonds. The molecule has 0 atom stereocenters. The Balaban J connectivity index is 1.74. The number of amides is 2. The summed E-state index contributed by atoms with van der Waals surface area (Å²) in [5.41, 5.74) is 0.503. The highest BCUT2D eigenvalue weighted by atomic mass is 35.5. The van der Waals surface area contributed by atoms with Crippen molar-refractivity contribution < 1.29 is 9.59 Å². The van der Waals surface area contributed by atoms with Gasteiger partial charge in [0.1, 0.15) is 0 Å². The Bertz CT molecular complexity index is 494. The van der Waals surface area contributed by atoms with E-state index in [4.69, 9.17) is 11.6 Å². The van der Waals surface area contributed by atoms with E-state index in [1.807, 2.05) is 0 Å². The minimum absolute atomic E-state index is 0.0119. The predicted octanol–water partition coefficient (Wildman–Crippen LogP) is 3.30. The first-order valence-electron chi connectivity index (χ1n) is 7.98. The number of nitrogens with one attached hydrogen (secondary N) is 2. The Morgan fingerprint density at radius 3 is 2.23 bits per heavy atom. The molecule has 0 radical (unpaired) electrons. The summed E-state index contributed by atoms with van der Waals surface area (Å²) >= 11 is 5.78. The van der Waals surface area contributed by atoms with Gasteiger partial charge in [0.25, 0.3) is 5.91 Å². The van der Waals surface area contributed by atoms with Gasteiger partial charge in [0.15, 0.2) is 0 Å². The lowest BCUT2D eigenvalue weighted by Crippen LogP contribution is -2.42. The molecule has 2 rings (SSSR count). The molecule has 0 unspecified atom stereocenters. The minimum Gasteiger partial charge on any atom is -0.352 e. The molecule has 1 aliphatic carbocycles. The molecule has 2 N–H and O–H groups in total. The van der Waals surface area contributed by atoms with Crippen molar-refractivity contribution in [3.05, 3.63) is 34.9 Å². The molecule has 22 heavy (non-hydrogen) atoms. The first kappa shape index (κ1) is 16.8. The summed E-state index contributed by atoms with van der Waals surface area (Å²) in [6.07, 6.45) is 8.22. The highest BCUT2D eigenvalue weighted by Crippen LogP contribution is 2.16. The van der Waals surface area contributed by atoms with E-state index >= 15 is 0 Å². The van der Waals surface area contributed by atoms with Gasteiger partial charge in [-0.05, 0) is 37.1 Å². The van der Waals surface area contributed by atoms with Crippen LogP contribution < -0.4 is 10.6 Å². The highest BCUT2D eigenvalue weighted by molar-refractivity contribution is 6.30.